The standard InChI is InChI=1S/C24H31N3O3/c1-29-21-4-3-16(10-22(21)30-2)5-6-26-23(28)20(14-25)15-27-24-11-17-7-18(12-24)9-19(8-17)13-24/h3-4,10,15,17-19,27H,5-9,11-13H2,1-2H3,(H,26,28)/b20-15-. The number of hydrogen-bond donors (Lipinski definition) is 2. The summed E-state index contributed by atoms with van der Waals surface area (Å²) in [5.74, 6) is 3.47. The third-order valence-corrected chi connectivity index (χ3v) is 7.07. The number of hydrogen-bond acceptors (Lipinski definition) is 5. The van der Waals surface area contributed by atoms with Crippen LogP contribution in [0.2, 0.25) is 0 Å². The summed E-state index contributed by atoms with van der Waals surface area (Å²) in [7, 11) is 3.20. The molecule has 4 bridgehead atoms. The molecule has 0 radical (unpaired) electrons. The Kier molecular flexibility index (Phi) is 5.90. The zero-order valence-corrected chi connectivity index (χ0v) is 17.9. The van der Waals surface area contributed by atoms with Crippen LogP contribution in [0.3, 0.4) is 0 Å². The van der Waals surface area contributed by atoms with Crippen LogP contribution in [0.4, 0.5) is 0 Å². The van der Waals surface area contributed by atoms with Crippen molar-refractivity contribution in [3.8, 4) is 17.6 Å². The molecule has 0 saturated heterocycles. The zero-order valence-electron chi connectivity index (χ0n) is 17.9. The van der Waals surface area contributed by atoms with E-state index in [1.807, 2.05) is 18.2 Å². The maximum absolute atomic E-state index is 12.5. The Bertz CT molecular complexity index is 836. The molecule has 0 atom stereocenters. The Morgan fingerprint density at radius 1 is 1.13 bits per heavy atom. The number of benzene rings is 1. The second-order valence-corrected chi connectivity index (χ2v) is 9.21. The Morgan fingerprint density at radius 3 is 2.33 bits per heavy atom. The Morgan fingerprint density at radius 2 is 1.77 bits per heavy atom. The molecule has 5 rings (SSSR count). The molecule has 0 unspecified atom stereocenters. The summed E-state index contributed by atoms with van der Waals surface area (Å²) in [6, 6.07) is 7.77. The summed E-state index contributed by atoms with van der Waals surface area (Å²) in [6.45, 7) is 0.449. The fourth-order valence-corrected chi connectivity index (χ4v) is 6.11. The van der Waals surface area contributed by atoms with Gasteiger partial charge in [-0.1, -0.05) is 6.07 Å². The first-order valence-electron chi connectivity index (χ1n) is 10.9. The first kappa shape index (κ1) is 20.6. The van der Waals surface area contributed by atoms with Crippen molar-refractivity contribution in [2.24, 2.45) is 17.8 Å². The predicted molar refractivity (Wildman–Crippen MR) is 114 cm³/mol. The molecule has 4 saturated carbocycles. The second-order valence-electron chi connectivity index (χ2n) is 9.21. The van der Waals surface area contributed by atoms with E-state index in [-0.39, 0.29) is 17.0 Å². The van der Waals surface area contributed by atoms with Gasteiger partial charge in [-0.3, -0.25) is 4.79 Å². The maximum Gasteiger partial charge on any atom is 0.263 e. The quantitative estimate of drug-likeness (QED) is 0.508. The summed E-state index contributed by atoms with van der Waals surface area (Å²) >= 11 is 0. The number of nitriles is 1. The highest BCUT2D eigenvalue weighted by Crippen LogP contribution is 2.55. The van der Waals surface area contributed by atoms with Crippen LogP contribution in [0, 0.1) is 29.1 Å². The van der Waals surface area contributed by atoms with E-state index in [1.165, 1.54) is 38.5 Å². The molecule has 1 aromatic carbocycles. The molecule has 160 valence electrons. The number of carbonyl (C=O) groups is 1. The van der Waals surface area contributed by atoms with Crippen LogP contribution >= 0.6 is 0 Å². The summed E-state index contributed by atoms with van der Waals surface area (Å²) in [6.07, 6.45) is 9.94. The van der Waals surface area contributed by atoms with E-state index in [0.717, 1.165) is 23.3 Å². The fraction of sp³-hybridized carbons (Fsp3) is 0.583. The third kappa shape index (κ3) is 4.26. The van der Waals surface area contributed by atoms with Crippen LogP contribution in [0.25, 0.3) is 0 Å². The van der Waals surface area contributed by atoms with Crippen molar-refractivity contribution in [1.82, 2.24) is 10.6 Å². The van der Waals surface area contributed by atoms with Crippen LogP contribution in [0.15, 0.2) is 30.0 Å². The van der Waals surface area contributed by atoms with Crippen molar-refractivity contribution < 1.29 is 14.3 Å². The fourth-order valence-electron chi connectivity index (χ4n) is 6.11. The first-order chi connectivity index (χ1) is 14.5. The topological polar surface area (TPSA) is 83.4 Å². The molecule has 4 fully saturated rings. The van der Waals surface area contributed by atoms with Crippen LogP contribution in [0.1, 0.15) is 44.1 Å². The summed E-state index contributed by atoms with van der Waals surface area (Å²) in [5, 5.41) is 15.9. The Hall–Kier alpha value is -2.68. The SMILES string of the molecule is COc1ccc(CCNC(=O)/C(C#N)=C\NC23CC4CC(CC(C4)C2)C3)cc1OC. The van der Waals surface area contributed by atoms with Gasteiger partial charge in [0, 0.05) is 18.3 Å². The average molecular weight is 410 g/mol. The van der Waals surface area contributed by atoms with Crippen molar-refractivity contribution in [3.63, 3.8) is 0 Å². The van der Waals surface area contributed by atoms with Crippen molar-refractivity contribution >= 4 is 5.91 Å². The lowest BCUT2D eigenvalue weighted by Gasteiger charge is -2.56. The number of nitrogens with zero attached hydrogens (tertiary/aromatic N) is 1. The van der Waals surface area contributed by atoms with Gasteiger partial charge in [-0.25, -0.2) is 0 Å². The normalized spacial score (nSPS) is 29.2. The summed E-state index contributed by atoms with van der Waals surface area (Å²) in [5.41, 5.74) is 1.27. The number of amides is 1. The van der Waals surface area contributed by atoms with Crippen LogP contribution in [0.5, 0.6) is 11.5 Å². The minimum absolute atomic E-state index is 0.0940. The van der Waals surface area contributed by atoms with Crippen molar-refractivity contribution in [2.45, 2.75) is 50.5 Å². The maximum atomic E-state index is 12.5. The molecule has 30 heavy (non-hydrogen) atoms. The molecule has 6 nitrogen and oxygen atoms in total. The molecule has 1 amide bonds. The number of rotatable bonds is 8. The molecule has 2 N–H and O–H groups in total. The summed E-state index contributed by atoms with van der Waals surface area (Å²) < 4.78 is 10.6. The van der Waals surface area contributed by atoms with E-state index in [9.17, 15) is 10.1 Å². The van der Waals surface area contributed by atoms with Crippen molar-refractivity contribution in [1.29, 1.82) is 5.26 Å². The molecule has 0 aliphatic heterocycles. The van der Waals surface area contributed by atoms with E-state index in [1.54, 1.807) is 20.4 Å². The lowest BCUT2D eigenvalue weighted by Crippen LogP contribution is -2.57. The third-order valence-electron chi connectivity index (χ3n) is 7.07. The number of nitrogens with one attached hydrogen (secondary N) is 2. The van der Waals surface area contributed by atoms with Crippen LogP contribution in [-0.4, -0.2) is 32.2 Å². The average Bonchev–Trinajstić information content (AvgIpc) is 2.73. The van der Waals surface area contributed by atoms with E-state index in [2.05, 4.69) is 16.7 Å². The minimum Gasteiger partial charge on any atom is -0.493 e. The molecule has 4 aliphatic rings. The molecule has 1 aromatic rings. The second kappa shape index (κ2) is 8.59. The van der Waals surface area contributed by atoms with Gasteiger partial charge in [-0.15, -0.1) is 0 Å². The van der Waals surface area contributed by atoms with Gasteiger partial charge in [0.15, 0.2) is 11.5 Å². The largest absolute Gasteiger partial charge is 0.493 e. The van der Waals surface area contributed by atoms with E-state index in [4.69, 9.17) is 9.47 Å². The Balaban J connectivity index is 1.32. The molecule has 4 aliphatic carbocycles. The van der Waals surface area contributed by atoms with Gasteiger partial charge in [-0.05, 0) is 80.4 Å². The minimum atomic E-state index is -0.324. The Labute approximate surface area is 178 Å². The predicted octanol–water partition coefficient (Wildman–Crippen LogP) is 3.33. The first-order valence-corrected chi connectivity index (χ1v) is 10.9. The molecule has 0 aromatic heterocycles. The van der Waals surface area contributed by atoms with Gasteiger partial charge in [-0.2, -0.15) is 5.26 Å². The molecule has 0 heterocycles. The number of carbonyl (C=O) groups excluding carboxylic acids is 1. The van der Waals surface area contributed by atoms with Crippen LogP contribution < -0.4 is 20.1 Å². The van der Waals surface area contributed by atoms with Crippen LogP contribution in [-0.2, 0) is 11.2 Å². The van der Waals surface area contributed by atoms with Crippen molar-refractivity contribution in [2.75, 3.05) is 20.8 Å². The van der Waals surface area contributed by atoms with Gasteiger partial charge in [0.1, 0.15) is 11.6 Å². The van der Waals surface area contributed by atoms with Crippen molar-refractivity contribution in [3.05, 3.63) is 35.5 Å². The summed E-state index contributed by atoms with van der Waals surface area (Å²) in [4.78, 5) is 12.5. The number of ether oxygens (including phenoxy) is 2. The van der Waals surface area contributed by atoms with Gasteiger partial charge >= 0.3 is 0 Å². The number of methoxy groups -OCH3 is 2. The molecule has 0 spiro atoms. The van der Waals surface area contributed by atoms with Gasteiger partial charge in [0.25, 0.3) is 5.91 Å². The lowest BCUT2D eigenvalue weighted by atomic mass is 9.53. The lowest BCUT2D eigenvalue weighted by molar-refractivity contribution is -0.117. The van der Waals surface area contributed by atoms with E-state index < -0.39 is 0 Å². The molecular formula is C24H31N3O3. The smallest absolute Gasteiger partial charge is 0.263 e. The van der Waals surface area contributed by atoms with Gasteiger partial charge in [0.2, 0.25) is 0 Å². The van der Waals surface area contributed by atoms with Gasteiger partial charge in [0.05, 0.1) is 14.2 Å². The zero-order chi connectivity index (χ0) is 21.1. The van der Waals surface area contributed by atoms with E-state index >= 15 is 0 Å². The highest BCUT2D eigenvalue weighted by Gasteiger charge is 2.50. The van der Waals surface area contributed by atoms with Gasteiger partial charge < -0.3 is 20.1 Å². The highest BCUT2D eigenvalue weighted by molar-refractivity contribution is 5.97. The highest BCUT2D eigenvalue weighted by atomic mass is 16.5. The molecular weight excluding hydrogens is 378 g/mol. The molecule has 6 heteroatoms. The monoisotopic (exact) mass is 409 g/mol. The van der Waals surface area contributed by atoms with E-state index in [0.29, 0.717) is 24.5 Å².